The molecule has 112 valence electrons. The molecular weight excluding hydrogens is 291 g/mol. The van der Waals surface area contributed by atoms with E-state index in [0.29, 0.717) is 17.1 Å². The molecule has 22 heavy (non-hydrogen) atoms. The van der Waals surface area contributed by atoms with E-state index in [-0.39, 0.29) is 11.1 Å². The standard InChI is InChI=1S/C15H11FN2O4/c1-21-13-6-3-9(7-14(13)22-2)10-4-5-12(18(19)20)15(16)11(10)8-17/h3-7H,1-2H3. The van der Waals surface area contributed by atoms with Crippen LogP contribution in [0.5, 0.6) is 11.5 Å². The van der Waals surface area contributed by atoms with E-state index in [0.717, 1.165) is 6.07 Å². The second-order valence-electron chi connectivity index (χ2n) is 4.26. The van der Waals surface area contributed by atoms with E-state index in [4.69, 9.17) is 14.7 Å². The lowest BCUT2D eigenvalue weighted by molar-refractivity contribution is -0.387. The number of ether oxygens (including phenoxy) is 2. The van der Waals surface area contributed by atoms with E-state index >= 15 is 0 Å². The molecule has 7 heteroatoms. The van der Waals surface area contributed by atoms with Crippen LogP contribution in [0.1, 0.15) is 5.56 Å². The molecule has 0 aliphatic heterocycles. The summed E-state index contributed by atoms with van der Waals surface area (Å²) in [5, 5.41) is 19.9. The fraction of sp³-hybridized carbons (Fsp3) is 0.133. The van der Waals surface area contributed by atoms with Gasteiger partial charge in [-0.1, -0.05) is 6.07 Å². The molecule has 0 unspecified atom stereocenters. The molecule has 0 fully saturated rings. The van der Waals surface area contributed by atoms with Crippen LogP contribution in [0.15, 0.2) is 30.3 Å². The summed E-state index contributed by atoms with van der Waals surface area (Å²) in [5.74, 6) is -0.269. The number of nitrogens with zero attached hydrogens (tertiary/aromatic N) is 2. The van der Waals surface area contributed by atoms with Crippen LogP contribution < -0.4 is 9.47 Å². The SMILES string of the molecule is COc1ccc(-c2ccc([N+](=O)[O-])c(F)c2C#N)cc1OC. The molecule has 0 radical (unpaired) electrons. The molecule has 0 atom stereocenters. The van der Waals surface area contributed by atoms with Crippen molar-refractivity contribution in [1.29, 1.82) is 5.26 Å². The van der Waals surface area contributed by atoms with Crippen LogP contribution in [0, 0.1) is 27.3 Å². The molecule has 0 saturated heterocycles. The lowest BCUT2D eigenvalue weighted by Crippen LogP contribution is -1.98. The van der Waals surface area contributed by atoms with E-state index in [9.17, 15) is 14.5 Å². The lowest BCUT2D eigenvalue weighted by atomic mass is 9.98. The van der Waals surface area contributed by atoms with Crippen LogP contribution in [-0.4, -0.2) is 19.1 Å². The van der Waals surface area contributed by atoms with Gasteiger partial charge in [-0.3, -0.25) is 10.1 Å². The Morgan fingerprint density at radius 3 is 2.41 bits per heavy atom. The molecule has 0 bridgehead atoms. The number of hydrogen-bond donors (Lipinski definition) is 0. The first-order chi connectivity index (χ1) is 10.5. The highest BCUT2D eigenvalue weighted by Gasteiger charge is 2.22. The van der Waals surface area contributed by atoms with Gasteiger partial charge in [0.15, 0.2) is 11.5 Å². The van der Waals surface area contributed by atoms with Crippen molar-refractivity contribution in [2.75, 3.05) is 14.2 Å². The fourth-order valence-electron chi connectivity index (χ4n) is 2.06. The van der Waals surface area contributed by atoms with Gasteiger partial charge in [0.05, 0.1) is 19.1 Å². The van der Waals surface area contributed by atoms with E-state index < -0.39 is 16.4 Å². The first-order valence-electron chi connectivity index (χ1n) is 6.12. The molecule has 0 aromatic heterocycles. The number of nitro groups is 1. The van der Waals surface area contributed by atoms with Gasteiger partial charge in [0.25, 0.3) is 0 Å². The van der Waals surface area contributed by atoms with Crippen LogP contribution in [-0.2, 0) is 0 Å². The minimum Gasteiger partial charge on any atom is -0.493 e. The predicted octanol–water partition coefficient (Wildman–Crippen LogP) is 3.29. The second-order valence-corrected chi connectivity index (χ2v) is 4.26. The molecule has 0 heterocycles. The first-order valence-corrected chi connectivity index (χ1v) is 6.12. The molecule has 0 spiro atoms. The van der Waals surface area contributed by atoms with E-state index in [1.807, 2.05) is 0 Å². The topological polar surface area (TPSA) is 85.4 Å². The zero-order chi connectivity index (χ0) is 16.3. The maximum absolute atomic E-state index is 14.1. The Morgan fingerprint density at radius 2 is 1.86 bits per heavy atom. The molecule has 0 amide bonds. The van der Waals surface area contributed by atoms with Crippen LogP contribution in [0.4, 0.5) is 10.1 Å². The quantitative estimate of drug-likeness (QED) is 0.639. The van der Waals surface area contributed by atoms with Crippen LogP contribution >= 0.6 is 0 Å². The molecule has 0 N–H and O–H groups in total. The normalized spacial score (nSPS) is 9.91. The minimum atomic E-state index is -1.15. The first kappa shape index (κ1) is 15.3. The third-order valence-corrected chi connectivity index (χ3v) is 3.12. The molecule has 0 saturated carbocycles. The maximum Gasteiger partial charge on any atom is 0.306 e. The lowest BCUT2D eigenvalue weighted by Gasteiger charge is -2.11. The van der Waals surface area contributed by atoms with E-state index in [1.54, 1.807) is 24.3 Å². The van der Waals surface area contributed by atoms with E-state index in [2.05, 4.69) is 0 Å². The van der Waals surface area contributed by atoms with Crippen molar-refractivity contribution in [3.8, 4) is 28.7 Å². The largest absolute Gasteiger partial charge is 0.493 e. The summed E-state index contributed by atoms with van der Waals surface area (Å²) < 4.78 is 24.3. The summed E-state index contributed by atoms with van der Waals surface area (Å²) in [6.07, 6.45) is 0. The van der Waals surface area contributed by atoms with Crippen molar-refractivity contribution in [1.82, 2.24) is 0 Å². The van der Waals surface area contributed by atoms with Crippen LogP contribution in [0.2, 0.25) is 0 Å². The van der Waals surface area contributed by atoms with Crippen LogP contribution in [0.25, 0.3) is 11.1 Å². The summed E-state index contributed by atoms with van der Waals surface area (Å²) in [6.45, 7) is 0. The average Bonchev–Trinajstić information content (AvgIpc) is 2.53. The Morgan fingerprint density at radius 1 is 1.18 bits per heavy atom. The Bertz CT molecular complexity index is 784. The zero-order valence-electron chi connectivity index (χ0n) is 11.8. The second kappa shape index (κ2) is 6.10. The van der Waals surface area contributed by atoms with Gasteiger partial charge in [-0.15, -0.1) is 0 Å². The number of rotatable bonds is 4. The summed E-state index contributed by atoms with van der Waals surface area (Å²) in [6, 6.07) is 8.83. The van der Waals surface area contributed by atoms with Gasteiger partial charge in [-0.05, 0) is 23.8 Å². The van der Waals surface area contributed by atoms with Gasteiger partial charge < -0.3 is 9.47 Å². The number of benzene rings is 2. The molecule has 2 aromatic rings. The fourth-order valence-corrected chi connectivity index (χ4v) is 2.06. The minimum absolute atomic E-state index is 0.242. The van der Waals surface area contributed by atoms with Gasteiger partial charge in [-0.2, -0.15) is 9.65 Å². The number of halogens is 1. The van der Waals surface area contributed by atoms with Crippen molar-refractivity contribution in [3.63, 3.8) is 0 Å². The third kappa shape index (κ3) is 2.54. The average molecular weight is 302 g/mol. The highest BCUT2D eigenvalue weighted by molar-refractivity contribution is 5.74. The van der Waals surface area contributed by atoms with Gasteiger partial charge in [0.1, 0.15) is 11.6 Å². The highest BCUT2D eigenvalue weighted by atomic mass is 19.1. The Hall–Kier alpha value is -3.14. The van der Waals surface area contributed by atoms with Gasteiger partial charge >= 0.3 is 5.69 Å². The summed E-state index contributed by atoms with van der Waals surface area (Å²) in [7, 11) is 2.92. The summed E-state index contributed by atoms with van der Waals surface area (Å²) in [5.41, 5.74) is -0.392. The molecule has 2 aromatic carbocycles. The van der Waals surface area contributed by atoms with Gasteiger partial charge in [-0.25, -0.2) is 0 Å². The molecule has 0 aliphatic rings. The maximum atomic E-state index is 14.1. The van der Waals surface area contributed by atoms with Crippen molar-refractivity contribution < 1.29 is 18.8 Å². The third-order valence-electron chi connectivity index (χ3n) is 3.12. The Balaban J connectivity index is 2.66. The smallest absolute Gasteiger partial charge is 0.306 e. The zero-order valence-corrected chi connectivity index (χ0v) is 11.8. The van der Waals surface area contributed by atoms with Crippen molar-refractivity contribution in [2.45, 2.75) is 0 Å². The Labute approximate surface area is 125 Å². The van der Waals surface area contributed by atoms with Crippen LogP contribution in [0.3, 0.4) is 0 Å². The number of nitro benzene ring substituents is 1. The highest BCUT2D eigenvalue weighted by Crippen LogP contribution is 2.35. The van der Waals surface area contributed by atoms with E-state index in [1.165, 1.54) is 20.3 Å². The molecule has 6 nitrogen and oxygen atoms in total. The van der Waals surface area contributed by atoms with Crippen molar-refractivity contribution >= 4 is 5.69 Å². The molecule has 0 aliphatic carbocycles. The van der Waals surface area contributed by atoms with Crippen molar-refractivity contribution in [3.05, 3.63) is 51.8 Å². The Kier molecular flexibility index (Phi) is 4.23. The van der Waals surface area contributed by atoms with Gasteiger partial charge in [0, 0.05) is 11.6 Å². The number of methoxy groups -OCH3 is 2. The summed E-state index contributed by atoms with van der Waals surface area (Å²) >= 11 is 0. The number of nitriles is 1. The molecular formula is C15H11FN2O4. The van der Waals surface area contributed by atoms with Gasteiger partial charge in [0.2, 0.25) is 5.82 Å². The summed E-state index contributed by atoms with van der Waals surface area (Å²) in [4.78, 5) is 9.87. The molecule has 2 rings (SSSR count). The predicted molar refractivity (Wildman–Crippen MR) is 76.3 cm³/mol. The van der Waals surface area contributed by atoms with Crippen molar-refractivity contribution in [2.24, 2.45) is 0 Å². The monoisotopic (exact) mass is 302 g/mol. The number of hydrogen-bond acceptors (Lipinski definition) is 5.